The van der Waals surface area contributed by atoms with Gasteiger partial charge in [0.2, 0.25) is 10.0 Å². The van der Waals surface area contributed by atoms with Gasteiger partial charge in [-0.2, -0.15) is 0 Å². The SMILES string of the molecule is COc1ccc(N2C(=S)N[C@H](c3ccccn3)[C@H]2c2cccn2-c2ccc(C)cn2)cc1NS(C)(=O)=O. The Balaban J connectivity index is 1.66. The van der Waals surface area contributed by atoms with Crippen LogP contribution >= 0.6 is 12.2 Å². The van der Waals surface area contributed by atoms with Crippen LogP contribution in [0.4, 0.5) is 11.4 Å². The number of sulfonamides is 1. The Kier molecular flexibility index (Phi) is 6.57. The number of rotatable bonds is 7. The van der Waals surface area contributed by atoms with E-state index in [1.54, 1.807) is 18.3 Å². The molecule has 3 aromatic heterocycles. The number of anilines is 2. The van der Waals surface area contributed by atoms with E-state index in [1.807, 2.05) is 77.3 Å². The molecule has 190 valence electrons. The largest absolute Gasteiger partial charge is 0.495 e. The van der Waals surface area contributed by atoms with E-state index in [9.17, 15) is 8.42 Å². The average molecular weight is 535 g/mol. The minimum absolute atomic E-state index is 0.277. The van der Waals surface area contributed by atoms with Crippen LogP contribution in [0.2, 0.25) is 0 Å². The van der Waals surface area contributed by atoms with Gasteiger partial charge in [0.1, 0.15) is 17.6 Å². The van der Waals surface area contributed by atoms with Gasteiger partial charge in [0.25, 0.3) is 0 Å². The normalized spacial score (nSPS) is 17.5. The van der Waals surface area contributed by atoms with Gasteiger partial charge in [-0.1, -0.05) is 12.1 Å². The van der Waals surface area contributed by atoms with Crippen LogP contribution in [0, 0.1) is 6.92 Å². The molecule has 1 aromatic carbocycles. The van der Waals surface area contributed by atoms with E-state index in [0.29, 0.717) is 22.2 Å². The first kappa shape index (κ1) is 24.7. The van der Waals surface area contributed by atoms with E-state index in [-0.39, 0.29) is 12.1 Å². The van der Waals surface area contributed by atoms with Gasteiger partial charge in [0, 0.05) is 30.0 Å². The number of hydrogen-bond acceptors (Lipinski definition) is 6. The summed E-state index contributed by atoms with van der Waals surface area (Å²) in [6.07, 6.45) is 6.65. The lowest BCUT2D eigenvalue weighted by molar-refractivity contribution is 0.417. The fraction of sp³-hybridized carbons (Fsp3) is 0.192. The maximum Gasteiger partial charge on any atom is 0.229 e. The minimum atomic E-state index is -3.54. The molecule has 2 atom stereocenters. The molecule has 0 unspecified atom stereocenters. The van der Waals surface area contributed by atoms with E-state index in [2.05, 4.69) is 20.0 Å². The molecule has 37 heavy (non-hydrogen) atoms. The van der Waals surface area contributed by atoms with Gasteiger partial charge in [-0.3, -0.25) is 9.71 Å². The summed E-state index contributed by atoms with van der Waals surface area (Å²) in [7, 11) is -2.05. The third-order valence-electron chi connectivity index (χ3n) is 6.08. The monoisotopic (exact) mass is 534 g/mol. The molecule has 4 heterocycles. The first-order valence-electron chi connectivity index (χ1n) is 11.5. The zero-order valence-corrected chi connectivity index (χ0v) is 22.1. The molecule has 0 amide bonds. The molecule has 0 bridgehead atoms. The van der Waals surface area contributed by atoms with Gasteiger partial charge in [0.05, 0.1) is 30.8 Å². The lowest BCUT2D eigenvalue weighted by atomic mass is 10.0. The van der Waals surface area contributed by atoms with E-state index in [1.165, 1.54) is 7.11 Å². The molecule has 5 rings (SSSR count). The molecule has 0 spiro atoms. The lowest BCUT2D eigenvalue weighted by Gasteiger charge is -2.29. The van der Waals surface area contributed by atoms with E-state index in [4.69, 9.17) is 17.0 Å². The minimum Gasteiger partial charge on any atom is -0.495 e. The van der Waals surface area contributed by atoms with E-state index < -0.39 is 10.0 Å². The number of nitrogens with one attached hydrogen (secondary N) is 2. The van der Waals surface area contributed by atoms with E-state index >= 15 is 0 Å². The summed E-state index contributed by atoms with van der Waals surface area (Å²) in [4.78, 5) is 11.2. The van der Waals surface area contributed by atoms with Crippen molar-refractivity contribution in [3.63, 3.8) is 0 Å². The number of benzene rings is 1. The zero-order valence-electron chi connectivity index (χ0n) is 20.5. The van der Waals surface area contributed by atoms with Gasteiger partial charge in [-0.25, -0.2) is 13.4 Å². The molecule has 2 N–H and O–H groups in total. The highest BCUT2D eigenvalue weighted by atomic mass is 32.2. The van der Waals surface area contributed by atoms with Gasteiger partial charge in [-0.15, -0.1) is 0 Å². The predicted octanol–water partition coefficient (Wildman–Crippen LogP) is 4.13. The van der Waals surface area contributed by atoms with Crippen molar-refractivity contribution in [3.8, 4) is 11.6 Å². The number of nitrogens with zero attached hydrogens (tertiary/aromatic N) is 4. The van der Waals surface area contributed by atoms with Crippen LogP contribution in [0.1, 0.15) is 29.0 Å². The standard InChI is InChI=1S/C26H26N6O3S2/c1-17-9-12-23(28-16-17)31-14-6-8-21(31)25-24(19-7-4-5-13-27-19)29-26(36)32(25)18-10-11-22(35-2)20(15-18)30-37(3,33)34/h4-16,24-25,30H,1-3H3,(H,29,36)/t24-,25-/m1/s1. The van der Waals surface area contributed by atoms with Crippen molar-refractivity contribution in [3.05, 3.63) is 96.2 Å². The summed E-state index contributed by atoms with van der Waals surface area (Å²) in [6, 6.07) is 18.5. The molecule has 9 nitrogen and oxygen atoms in total. The lowest BCUT2D eigenvalue weighted by Crippen LogP contribution is -2.30. The molecule has 1 aliphatic heterocycles. The Morgan fingerprint density at radius 3 is 2.59 bits per heavy atom. The molecule has 0 aliphatic carbocycles. The number of ether oxygens (including phenoxy) is 1. The summed E-state index contributed by atoms with van der Waals surface area (Å²) in [6.45, 7) is 2.00. The number of thiocarbonyl (C=S) groups is 1. The van der Waals surface area contributed by atoms with Crippen LogP contribution in [0.25, 0.3) is 5.82 Å². The van der Waals surface area contributed by atoms with Crippen molar-refractivity contribution < 1.29 is 13.2 Å². The van der Waals surface area contributed by atoms with Gasteiger partial charge in [-0.05, 0) is 73.2 Å². The van der Waals surface area contributed by atoms with Crippen LogP contribution < -0.4 is 19.7 Å². The van der Waals surface area contributed by atoms with Gasteiger partial charge < -0.3 is 19.5 Å². The number of aryl methyl sites for hydroxylation is 1. The first-order valence-corrected chi connectivity index (χ1v) is 13.8. The van der Waals surface area contributed by atoms with Crippen LogP contribution in [0.5, 0.6) is 5.75 Å². The summed E-state index contributed by atoms with van der Waals surface area (Å²) >= 11 is 5.83. The van der Waals surface area contributed by atoms with Crippen molar-refractivity contribution in [2.75, 3.05) is 23.0 Å². The van der Waals surface area contributed by atoms with Crippen molar-refractivity contribution in [1.29, 1.82) is 0 Å². The van der Waals surface area contributed by atoms with Crippen LogP contribution in [-0.2, 0) is 10.0 Å². The molecule has 11 heteroatoms. The van der Waals surface area contributed by atoms with Crippen molar-refractivity contribution in [2.24, 2.45) is 0 Å². The number of aromatic nitrogens is 3. The Morgan fingerprint density at radius 2 is 1.92 bits per heavy atom. The topological polar surface area (TPSA) is 101 Å². The first-order chi connectivity index (χ1) is 17.7. The number of hydrogen-bond donors (Lipinski definition) is 2. The van der Waals surface area contributed by atoms with Crippen LogP contribution in [0.15, 0.2) is 79.3 Å². The second-order valence-corrected chi connectivity index (χ2v) is 10.9. The fourth-order valence-electron chi connectivity index (χ4n) is 4.51. The number of pyridine rings is 2. The molecule has 0 saturated carbocycles. The third kappa shape index (κ3) is 5.00. The Bertz CT molecular complexity index is 1540. The molecular formula is C26H26N6O3S2. The third-order valence-corrected chi connectivity index (χ3v) is 6.99. The molecule has 0 radical (unpaired) electrons. The highest BCUT2D eigenvalue weighted by molar-refractivity contribution is 7.92. The highest BCUT2D eigenvalue weighted by Crippen LogP contribution is 2.43. The second kappa shape index (κ2) is 9.83. The average Bonchev–Trinajstić information content (AvgIpc) is 3.48. The zero-order chi connectivity index (χ0) is 26.2. The Morgan fingerprint density at radius 1 is 1.08 bits per heavy atom. The smallest absolute Gasteiger partial charge is 0.229 e. The molecule has 4 aromatic rings. The summed E-state index contributed by atoms with van der Waals surface area (Å²) in [5.41, 5.74) is 3.84. The summed E-state index contributed by atoms with van der Waals surface area (Å²) < 4.78 is 34.1. The maximum absolute atomic E-state index is 12.0. The molecular weight excluding hydrogens is 508 g/mol. The predicted molar refractivity (Wildman–Crippen MR) is 148 cm³/mol. The van der Waals surface area contributed by atoms with Crippen molar-refractivity contribution in [1.82, 2.24) is 19.9 Å². The van der Waals surface area contributed by atoms with Crippen LogP contribution in [0.3, 0.4) is 0 Å². The van der Waals surface area contributed by atoms with Crippen LogP contribution in [-0.4, -0.2) is 41.4 Å². The molecule has 1 saturated heterocycles. The van der Waals surface area contributed by atoms with Crippen molar-refractivity contribution >= 4 is 38.7 Å². The second-order valence-electron chi connectivity index (χ2n) is 8.75. The Labute approximate surface area is 221 Å². The van der Waals surface area contributed by atoms with E-state index in [0.717, 1.165) is 29.0 Å². The fourth-order valence-corrected chi connectivity index (χ4v) is 5.41. The highest BCUT2D eigenvalue weighted by Gasteiger charge is 2.42. The maximum atomic E-state index is 12.0. The quantitative estimate of drug-likeness (QED) is 0.341. The molecule has 1 aliphatic rings. The van der Waals surface area contributed by atoms with Crippen molar-refractivity contribution in [2.45, 2.75) is 19.0 Å². The van der Waals surface area contributed by atoms with Gasteiger partial charge in [0.15, 0.2) is 5.11 Å². The van der Waals surface area contributed by atoms with Gasteiger partial charge >= 0.3 is 0 Å². The Hall–Kier alpha value is -3.96. The number of methoxy groups -OCH3 is 1. The molecule has 1 fully saturated rings. The summed E-state index contributed by atoms with van der Waals surface area (Å²) in [5, 5.41) is 3.92. The summed E-state index contributed by atoms with van der Waals surface area (Å²) in [5.74, 6) is 1.18.